The Morgan fingerprint density at radius 2 is 2.08 bits per heavy atom. The molecule has 0 radical (unpaired) electrons. The summed E-state index contributed by atoms with van der Waals surface area (Å²) >= 11 is 0. The third kappa shape index (κ3) is 5.08. The molecular weight excluding hydrogens is 472 g/mol. The quantitative estimate of drug-likeness (QED) is 0.525. The molecule has 5 rings (SSSR count). The molecule has 11 heteroatoms. The molecule has 3 heterocycles. The first-order valence-corrected chi connectivity index (χ1v) is 11.8. The van der Waals surface area contributed by atoms with Crippen molar-refractivity contribution >= 4 is 23.2 Å². The van der Waals surface area contributed by atoms with Gasteiger partial charge in [0.05, 0.1) is 31.3 Å². The maximum absolute atomic E-state index is 13.3. The molecule has 0 saturated heterocycles. The van der Waals surface area contributed by atoms with E-state index in [-0.39, 0.29) is 18.9 Å². The van der Waals surface area contributed by atoms with Crippen LogP contribution in [0.1, 0.15) is 12.0 Å². The van der Waals surface area contributed by atoms with Gasteiger partial charge in [0, 0.05) is 12.6 Å². The predicted molar refractivity (Wildman–Crippen MR) is 135 cm³/mol. The van der Waals surface area contributed by atoms with Gasteiger partial charge in [-0.15, -0.1) is 5.10 Å². The monoisotopic (exact) mass is 496 g/mol. The van der Waals surface area contributed by atoms with Gasteiger partial charge in [-0.2, -0.15) is 5.26 Å². The van der Waals surface area contributed by atoms with Crippen molar-refractivity contribution in [2.75, 3.05) is 25.1 Å². The van der Waals surface area contributed by atoms with Crippen molar-refractivity contribution < 1.29 is 14.3 Å². The van der Waals surface area contributed by atoms with E-state index in [1.165, 1.54) is 9.58 Å². The van der Waals surface area contributed by atoms with E-state index >= 15 is 0 Å². The molecular formula is C26H24N8O3. The van der Waals surface area contributed by atoms with Crippen molar-refractivity contribution in [3.8, 4) is 23.2 Å². The van der Waals surface area contributed by atoms with Gasteiger partial charge < -0.3 is 15.0 Å². The fourth-order valence-electron chi connectivity index (χ4n) is 4.26. The number of carbonyl (C=O) groups excluding carboxylic acids is 2. The van der Waals surface area contributed by atoms with Crippen LogP contribution < -0.4 is 15.0 Å². The van der Waals surface area contributed by atoms with Crippen LogP contribution >= 0.6 is 0 Å². The highest BCUT2D eigenvalue weighted by atomic mass is 16.5. The summed E-state index contributed by atoms with van der Waals surface area (Å²) in [5.74, 6) is 0.239. The lowest BCUT2D eigenvalue weighted by molar-refractivity contribution is -0.124. The van der Waals surface area contributed by atoms with Crippen molar-refractivity contribution in [1.29, 1.82) is 5.26 Å². The fraction of sp³-hybridized carbons (Fsp3) is 0.269. The highest BCUT2D eigenvalue weighted by molar-refractivity contribution is 6.44. The largest absolute Gasteiger partial charge is 0.489 e. The molecule has 1 aromatic heterocycles. The maximum Gasteiger partial charge on any atom is 0.270 e. The second-order valence-electron chi connectivity index (χ2n) is 8.72. The Bertz CT molecular complexity index is 1440. The number of hydrogen-bond acceptors (Lipinski definition) is 8. The van der Waals surface area contributed by atoms with Gasteiger partial charge in [-0.3, -0.25) is 14.6 Å². The van der Waals surface area contributed by atoms with Crippen LogP contribution in [0.3, 0.4) is 0 Å². The minimum absolute atomic E-state index is 0.0188. The number of anilines is 1. The molecule has 2 aliphatic rings. The molecule has 0 fully saturated rings. The average molecular weight is 497 g/mol. The number of likely N-dealkylation sites (N-methyl/N-ethyl adjacent to an activating group) is 1. The number of tetrazole rings is 1. The number of nitriles is 1. The van der Waals surface area contributed by atoms with E-state index < -0.39 is 11.9 Å². The van der Waals surface area contributed by atoms with Crippen molar-refractivity contribution in [1.82, 2.24) is 25.5 Å². The van der Waals surface area contributed by atoms with E-state index in [0.717, 1.165) is 11.1 Å². The third-order valence-electron chi connectivity index (χ3n) is 6.19. The number of aromatic nitrogens is 4. The van der Waals surface area contributed by atoms with Crippen LogP contribution in [0.5, 0.6) is 5.75 Å². The number of rotatable bonds is 7. The number of benzene rings is 2. The van der Waals surface area contributed by atoms with Crippen LogP contribution in [0.15, 0.2) is 65.2 Å². The zero-order valence-corrected chi connectivity index (χ0v) is 20.2. The number of nitrogens with zero attached hydrogens (tertiary/aromatic N) is 7. The standard InChI is InChI=1S/C26H24N8O3/c1-33-22-14-19(24-30-31-32-34(24)11-5-10-27)8-9-23(22)37-16-21(26(33)36)29-25(35)20-13-18(15-28-20)12-17-6-3-2-4-7-17/h2-4,6-9,13-14,21H,5,11-12,15-16H2,1H3,(H,29,35). The summed E-state index contributed by atoms with van der Waals surface area (Å²) in [6.45, 7) is 0.782. The molecule has 0 spiro atoms. The molecule has 2 aromatic carbocycles. The Hall–Kier alpha value is -4.85. The van der Waals surface area contributed by atoms with E-state index in [4.69, 9.17) is 10.00 Å². The van der Waals surface area contributed by atoms with Crippen LogP contribution in [-0.4, -0.2) is 64.0 Å². The predicted octanol–water partition coefficient (Wildman–Crippen LogP) is 1.72. The second kappa shape index (κ2) is 10.4. The van der Waals surface area contributed by atoms with E-state index in [0.29, 0.717) is 48.0 Å². The molecule has 0 bridgehead atoms. The molecule has 1 N–H and O–H groups in total. The Kier molecular flexibility index (Phi) is 6.72. The van der Waals surface area contributed by atoms with Gasteiger partial charge >= 0.3 is 0 Å². The normalized spacial score (nSPS) is 16.7. The first-order chi connectivity index (χ1) is 18.0. The van der Waals surface area contributed by atoms with Crippen molar-refractivity contribution in [3.63, 3.8) is 0 Å². The van der Waals surface area contributed by atoms with Gasteiger partial charge in [0.25, 0.3) is 11.8 Å². The van der Waals surface area contributed by atoms with Crippen LogP contribution in [0.2, 0.25) is 0 Å². The summed E-state index contributed by atoms with van der Waals surface area (Å²) in [4.78, 5) is 32.0. The summed E-state index contributed by atoms with van der Waals surface area (Å²) in [7, 11) is 1.63. The molecule has 11 nitrogen and oxygen atoms in total. The molecule has 1 atom stereocenters. The van der Waals surface area contributed by atoms with Crippen molar-refractivity contribution in [2.45, 2.75) is 25.4 Å². The number of aryl methyl sites for hydroxylation is 1. The van der Waals surface area contributed by atoms with E-state index in [1.807, 2.05) is 30.3 Å². The highest BCUT2D eigenvalue weighted by Gasteiger charge is 2.32. The molecule has 186 valence electrons. The molecule has 2 amide bonds. The van der Waals surface area contributed by atoms with Crippen LogP contribution in [0.25, 0.3) is 11.4 Å². The van der Waals surface area contributed by atoms with Crippen molar-refractivity contribution in [3.05, 3.63) is 65.7 Å². The van der Waals surface area contributed by atoms with Crippen LogP contribution in [-0.2, 0) is 22.6 Å². The van der Waals surface area contributed by atoms with Gasteiger partial charge in [0.1, 0.15) is 24.1 Å². The van der Waals surface area contributed by atoms with Gasteiger partial charge in [-0.25, -0.2) is 4.68 Å². The van der Waals surface area contributed by atoms with Gasteiger partial charge in [0.15, 0.2) is 5.82 Å². The number of hydrogen-bond donors (Lipinski definition) is 1. The van der Waals surface area contributed by atoms with Crippen LogP contribution in [0.4, 0.5) is 5.69 Å². The number of fused-ring (bicyclic) bond motifs is 1. The maximum atomic E-state index is 13.3. The number of carbonyl (C=O) groups is 2. The molecule has 0 saturated carbocycles. The Balaban J connectivity index is 1.28. The Morgan fingerprint density at radius 1 is 1.24 bits per heavy atom. The molecule has 0 aliphatic carbocycles. The zero-order valence-electron chi connectivity index (χ0n) is 20.2. The SMILES string of the molecule is CN1C(=O)C(NC(=O)C2=NCC(Cc3ccccc3)=C2)COc2ccc(-c3nnnn3CCC#N)cc21. The van der Waals surface area contributed by atoms with E-state index in [2.05, 4.69) is 31.9 Å². The third-order valence-corrected chi connectivity index (χ3v) is 6.19. The second-order valence-corrected chi connectivity index (χ2v) is 8.72. The van der Waals surface area contributed by atoms with Crippen molar-refractivity contribution in [2.24, 2.45) is 4.99 Å². The van der Waals surface area contributed by atoms with Gasteiger partial charge in [-0.05, 0) is 52.3 Å². The number of nitrogens with one attached hydrogen (secondary N) is 1. The molecule has 2 aliphatic heterocycles. The Labute approximate surface area is 213 Å². The molecule has 37 heavy (non-hydrogen) atoms. The smallest absolute Gasteiger partial charge is 0.270 e. The average Bonchev–Trinajstić information content (AvgIpc) is 3.57. The van der Waals surface area contributed by atoms with E-state index in [1.54, 1.807) is 31.3 Å². The lowest BCUT2D eigenvalue weighted by Gasteiger charge is -2.20. The summed E-state index contributed by atoms with van der Waals surface area (Å²) in [6.07, 6.45) is 2.76. The lowest BCUT2D eigenvalue weighted by Crippen LogP contribution is -2.50. The lowest BCUT2D eigenvalue weighted by atomic mass is 10.1. The summed E-state index contributed by atoms with van der Waals surface area (Å²) in [5, 5.41) is 23.4. The van der Waals surface area contributed by atoms with Crippen LogP contribution in [0, 0.1) is 11.3 Å². The summed E-state index contributed by atoms with van der Waals surface area (Å²) in [5.41, 5.74) is 3.68. The Morgan fingerprint density at radius 3 is 2.89 bits per heavy atom. The first-order valence-electron chi connectivity index (χ1n) is 11.8. The summed E-state index contributed by atoms with van der Waals surface area (Å²) < 4.78 is 7.44. The first kappa shape index (κ1) is 23.9. The number of amides is 2. The number of ether oxygens (including phenoxy) is 1. The fourth-order valence-corrected chi connectivity index (χ4v) is 4.26. The topological polar surface area (TPSA) is 138 Å². The molecule has 3 aromatic rings. The van der Waals surface area contributed by atoms with Gasteiger partial charge in [-0.1, -0.05) is 30.3 Å². The van der Waals surface area contributed by atoms with Gasteiger partial charge in [0.2, 0.25) is 0 Å². The minimum Gasteiger partial charge on any atom is -0.489 e. The minimum atomic E-state index is -0.886. The summed E-state index contributed by atoms with van der Waals surface area (Å²) in [6, 6.07) is 16.5. The highest BCUT2D eigenvalue weighted by Crippen LogP contribution is 2.34. The molecule has 1 unspecified atom stereocenters. The number of aliphatic imine (C=N–C) groups is 1. The zero-order chi connectivity index (χ0) is 25.8. The van der Waals surface area contributed by atoms with E-state index in [9.17, 15) is 9.59 Å².